The number of nitrogens with one attached hydrogen (secondary N) is 1. The van der Waals surface area contributed by atoms with Crippen LogP contribution in [0.5, 0.6) is 0 Å². The zero-order valence-electron chi connectivity index (χ0n) is 22.8. The molecule has 0 aromatic carbocycles. The molecular weight excluding hydrogens is 444 g/mol. The van der Waals surface area contributed by atoms with Crippen LogP contribution in [0.3, 0.4) is 0 Å². The third kappa shape index (κ3) is 3.73. The van der Waals surface area contributed by atoms with Gasteiger partial charge in [0.15, 0.2) is 0 Å². The number of fused-ring (bicyclic) bond motifs is 8. The molecule has 0 radical (unpaired) electrons. The maximum atomic E-state index is 6.41. The van der Waals surface area contributed by atoms with E-state index in [2.05, 4.69) is 78.6 Å². The molecule has 5 nitrogen and oxygen atoms in total. The second-order valence-corrected chi connectivity index (χ2v) is 9.80. The van der Waals surface area contributed by atoms with E-state index in [0.29, 0.717) is 11.8 Å². The highest BCUT2D eigenvalue weighted by atomic mass is 16.4. The summed E-state index contributed by atoms with van der Waals surface area (Å²) in [5, 5.41) is 0. The summed E-state index contributed by atoms with van der Waals surface area (Å²) in [5.74, 6) is 1.28. The average molecular weight is 481 g/mol. The Bertz CT molecular complexity index is 1560. The van der Waals surface area contributed by atoms with E-state index in [1.54, 1.807) is 0 Å². The lowest BCUT2D eigenvalue weighted by molar-refractivity contribution is 0.491. The molecular formula is C31H36N4O. The van der Waals surface area contributed by atoms with Crippen molar-refractivity contribution in [3.8, 4) is 0 Å². The lowest BCUT2D eigenvalue weighted by Crippen LogP contribution is -1.84. The van der Waals surface area contributed by atoms with Crippen molar-refractivity contribution in [2.45, 2.75) is 81.1 Å². The summed E-state index contributed by atoms with van der Waals surface area (Å²) in [6, 6.07) is 6.53. The van der Waals surface area contributed by atoms with E-state index in [1.807, 2.05) is 0 Å². The van der Waals surface area contributed by atoms with Crippen molar-refractivity contribution in [3.05, 3.63) is 63.9 Å². The fourth-order valence-corrected chi connectivity index (χ4v) is 5.72. The van der Waals surface area contributed by atoms with Crippen LogP contribution in [-0.4, -0.2) is 19.9 Å². The van der Waals surface area contributed by atoms with Gasteiger partial charge in [0, 0.05) is 22.2 Å². The average Bonchev–Trinajstić information content (AvgIpc) is 3.51. The molecule has 2 aromatic rings. The van der Waals surface area contributed by atoms with Crippen LogP contribution < -0.4 is 0 Å². The van der Waals surface area contributed by atoms with Gasteiger partial charge in [0.1, 0.15) is 0 Å². The second kappa shape index (κ2) is 9.20. The highest BCUT2D eigenvalue weighted by Gasteiger charge is 2.23. The predicted molar refractivity (Wildman–Crippen MR) is 150 cm³/mol. The van der Waals surface area contributed by atoms with E-state index in [-0.39, 0.29) is 0 Å². The Hall–Kier alpha value is -3.47. The van der Waals surface area contributed by atoms with Crippen LogP contribution in [0.1, 0.15) is 113 Å². The molecule has 5 heterocycles. The Labute approximate surface area is 213 Å². The van der Waals surface area contributed by atoms with Crippen molar-refractivity contribution in [1.29, 1.82) is 0 Å². The summed E-state index contributed by atoms with van der Waals surface area (Å²) in [7, 11) is 0. The SMILES string of the molecule is CCC1=C(C)c2cc3nc(oc4nc(cc5[nH]c(cc1n2)c(CC)c5C)C(CC)=C4C)C(C)=C3CC. The Morgan fingerprint density at radius 3 is 1.64 bits per heavy atom. The van der Waals surface area contributed by atoms with E-state index in [1.165, 1.54) is 33.4 Å². The molecule has 0 saturated heterocycles. The zero-order chi connectivity index (χ0) is 25.7. The van der Waals surface area contributed by atoms with Crippen molar-refractivity contribution in [3.63, 3.8) is 0 Å². The molecule has 1 N–H and O–H groups in total. The van der Waals surface area contributed by atoms with Crippen LogP contribution in [-0.2, 0) is 6.42 Å². The van der Waals surface area contributed by atoms with Crippen LogP contribution in [0.2, 0.25) is 0 Å². The topological polar surface area (TPSA) is 67.6 Å². The highest BCUT2D eigenvalue weighted by Crippen LogP contribution is 2.38. The van der Waals surface area contributed by atoms with Crippen LogP contribution >= 0.6 is 0 Å². The number of hydrogen-bond donors (Lipinski definition) is 1. The number of aromatic nitrogens is 4. The third-order valence-corrected chi connectivity index (χ3v) is 7.89. The minimum absolute atomic E-state index is 0.637. The fourth-order valence-electron chi connectivity index (χ4n) is 5.72. The van der Waals surface area contributed by atoms with Gasteiger partial charge in [-0.3, -0.25) is 0 Å². The predicted octanol–water partition coefficient (Wildman–Crippen LogP) is 8.59. The minimum atomic E-state index is 0.637. The van der Waals surface area contributed by atoms with E-state index >= 15 is 0 Å². The molecule has 0 amide bonds. The maximum absolute atomic E-state index is 6.41. The second-order valence-electron chi connectivity index (χ2n) is 9.80. The number of hydrogen-bond acceptors (Lipinski definition) is 4. The van der Waals surface area contributed by atoms with Crippen molar-refractivity contribution < 1.29 is 4.42 Å². The standard InChI is InChI=1S/C31H36N4O/c1-9-20-16(5)24-13-28-22(11-3)18(7)30(34-28)36-31-19(8)23(12-4)29(35-31)14-25-17(6)21(10-2)27(33-25)15-26(20)32-24/h13-15,32H,9-12H2,1-8H3. The molecule has 3 aliphatic rings. The molecule has 36 heavy (non-hydrogen) atoms. The van der Waals surface area contributed by atoms with Gasteiger partial charge in [-0.2, -0.15) is 0 Å². The quantitative estimate of drug-likeness (QED) is 0.476. The van der Waals surface area contributed by atoms with Crippen LogP contribution in [0.4, 0.5) is 0 Å². The smallest absolute Gasteiger partial charge is 0.225 e. The molecule has 0 spiro atoms. The maximum Gasteiger partial charge on any atom is 0.225 e. The summed E-state index contributed by atoms with van der Waals surface area (Å²) in [4.78, 5) is 18.7. The van der Waals surface area contributed by atoms with Gasteiger partial charge in [-0.05, 0) is 105 Å². The van der Waals surface area contributed by atoms with E-state index in [9.17, 15) is 0 Å². The van der Waals surface area contributed by atoms with Crippen molar-refractivity contribution in [2.75, 3.05) is 0 Å². The number of aromatic amines is 1. The molecule has 0 aliphatic carbocycles. The van der Waals surface area contributed by atoms with Crippen molar-refractivity contribution in [2.24, 2.45) is 0 Å². The number of H-pyrrole nitrogens is 1. The largest absolute Gasteiger partial charge is 0.420 e. The molecule has 0 atom stereocenters. The molecule has 5 heteroatoms. The first kappa shape index (κ1) is 24.2. The van der Waals surface area contributed by atoms with Gasteiger partial charge >= 0.3 is 0 Å². The van der Waals surface area contributed by atoms with Crippen LogP contribution in [0.25, 0.3) is 44.5 Å². The van der Waals surface area contributed by atoms with Gasteiger partial charge in [-0.25, -0.2) is 15.0 Å². The lowest BCUT2D eigenvalue weighted by Gasteiger charge is -2.01. The molecule has 186 valence electrons. The van der Waals surface area contributed by atoms with E-state index < -0.39 is 0 Å². The van der Waals surface area contributed by atoms with Gasteiger partial charge in [-0.15, -0.1) is 0 Å². The Morgan fingerprint density at radius 2 is 1.08 bits per heavy atom. The summed E-state index contributed by atoms with van der Waals surface area (Å²) in [6.07, 6.45) is 3.65. The van der Waals surface area contributed by atoms with Crippen molar-refractivity contribution in [1.82, 2.24) is 19.9 Å². The van der Waals surface area contributed by atoms with Gasteiger partial charge in [0.2, 0.25) is 11.8 Å². The van der Waals surface area contributed by atoms with E-state index in [0.717, 1.165) is 70.6 Å². The lowest BCUT2D eigenvalue weighted by atomic mass is 10.0. The zero-order valence-corrected chi connectivity index (χ0v) is 22.8. The molecule has 3 aliphatic heterocycles. The molecule has 5 rings (SSSR count). The third-order valence-electron chi connectivity index (χ3n) is 7.89. The summed E-state index contributed by atoms with van der Waals surface area (Å²) < 4.78 is 6.41. The Morgan fingerprint density at radius 1 is 0.583 bits per heavy atom. The first-order valence-corrected chi connectivity index (χ1v) is 13.2. The number of rotatable bonds is 4. The van der Waals surface area contributed by atoms with Crippen LogP contribution in [0, 0.1) is 6.92 Å². The summed E-state index contributed by atoms with van der Waals surface area (Å²) in [5.41, 5.74) is 15.8. The molecule has 0 saturated carbocycles. The monoisotopic (exact) mass is 480 g/mol. The van der Waals surface area contributed by atoms with Gasteiger partial charge in [0.05, 0.1) is 22.8 Å². The number of nitrogens with zero attached hydrogens (tertiary/aromatic N) is 3. The molecule has 0 unspecified atom stereocenters. The van der Waals surface area contributed by atoms with Gasteiger partial charge in [0.25, 0.3) is 0 Å². The number of aryl methyl sites for hydroxylation is 2. The first-order chi connectivity index (χ1) is 17.3. The minimum Gasteiger partial charge on any atom is -0.420 e. The van der Waals surface area contributed by atoms with Crippen LogP contribution in [0.15, 0.2) is 22.6 Å². The van der Waals surface area contributed by atoms with Gasteiger partial charge < -0.3 is 9.40 Å². The number of allylic oxidation sites excluding steroid dienone is 6. The Balaban J connectivity index is 1.97. The molecule has 2 aromatic heterocycles. The summed E-state index contributed by atoms with van der Waals surface area (Å²) in [6.45, 7) is 17.3. The van der Waals surface area contributed by atoms with Crippen molar-refractivity contribution >= 4 is 44.5 Å². The van der Waals surface area contributed by atoms with E-state index in [4.69, 9.17) is 19.4 Å². The summed E-state index contributed by atoms with van der Waals surface area (Å²) >= 11 is 0. The fraction of sp³-hybridized carbons (Fsp3) is 0.387. The highest BCUT2D eigenvalue weighted by molar-refractivity contribution is 5.95. The van der Waals surface area contributed by atoms with Gasteiger partial charge in [-0.1, -0.05) is 27.7 Å². The molecule has 8 bridgehead atoms. The Kier molecular flexibility index (Phi) is 6.19. The normalized spacial score (nSPS) is 14.8. The molecule has 0 fully saturated rings. The first-order valence-electron chi connectivity index (χ1n) is 13.2.